The van der Waals surface area contributed by atoms with Gasteiger partial charge in [-0.3, -0.25) is 14.5 Å². The lowest BCUT2D eigenvalue weighted by molar-refractivity contribution is 0.0624. The highest BCUT2D eigenvalue weighted by Crippen LogP contribution is 2.19. The van der Waals surface area contributed by atoms with E-state index in [2.05, 4.69) is 16.1 Å². The van der Waals surface area contributed by atoms with E-state index < -0.39 is 0 Å². The normalized spacial score (nSPS) is 14.5. The van der Waals surface area contributed by atoms with Gasteiger partial charge in [-0.15, -0.1) is 0 Å². The van der Waals surface area contributed by atoms with Gasteiger partial charge in [0.1, 0.15) is 5.65 Å². The van der Waals surface area contributed by atoms with Crippen molar-refractivity contribution in [2.75, 3.05) is 26.2 Å². The van der Waals surface area contributed by atoms with Crippen molar-refractivity contribution in [3.63, 3.8) is 0 Å². The van der Waals surface area contributed by atoms with Crippen LogP contribution >= 0.6 is 0 Å². The third-order valence-corrected chi connectivity index (χ3v) is 6.17. The molecule has 0 N–H and O–H groups in total. The Morgan fingerprint density at radius 3 is 2.27 bits per heavy atom. The number of fused-ring (bicyclic) bond motifs is 1. The zero-order valence-electron chi connectivity index (χ0n) is 18.6. The van der Waals surface area contributed by atoms with Gasteiger partial charge in [0.2, 0.25) is 0 Å². The fourth-order valence-electron chi connectivity index (χ4n) is 4.30. The first-order chi connectivity index (χ1) is 16.1. The first-order valence-corrected chi connectivity index (χ1v) is 11.2. The number of aryl methyl sites for hydroxylation is 1. The summed E-state index contributed by atoms with van der Waals surface area (Å²) in [5, 5.41) is 0. The lowest BCUT2D eigenvalue weighted by atomic mass is 9.97. The van der Waals surface area contributed by atoms with Gasteiger partial charge in [-0.2, -0.15) is 0 Å². The third kappa shape index (κ3) is 4.43. The van der Waals surface area contributed by atoms with Crippen LogP contribution in [0.15, 0.2) is 79.1 Å². The van der Waals surface area contributed by atoms with Crippen LogP contribution < -0.4 is 0 Å². The maximum atomic E-state index is 13.3. The number of rotatable bonds is 5. The summed E-state index contributed by atoms with van der Waals surface area (Å²) in [5.41, 5.74) is 4.58. The van der Waals surface area contributed by atoms with E-state index in [-0.39, 0.29) is 11.7 Å². The molecule has 0 aliphatic carbocycles. The van der Waals surface area contributed by atoms with Crippen LogP contribution in [0.5, 0.6) is 0 Å². The summed E-state index contributed by atoms with van der Waals surface area (Å²) < 4.78 is 2.02. The second-order valence-electron chi connectivity index (χ2n) is 8.51. The number of ketones is 1. The van der Waals surface area contributed by atoms with Gasteiger partial charge in [0, 0.05) is 56.2 Å². The number of pyridine rings is 1. The number of amides is 1. The summed E-state index contributed by atoms with van der Waals surface area (Å²) in [7, 11) is 0. The zero-order chi connectivity index (χ0) is 22.8. The van der Waals surface area contributed by atoms with Gasteiger partial charge in [-0.1, -0.05) is 54.1 Å². The fraction of sp³-hybridized carbons (Fsp3) is 0.222. The summed E-state index contributed by atoms with van der Waals surface area (Å²) in [6.07, 6.45) is 4.05. The van der Waals surface area contributed by atoms with E-state index in [4.69, 9.17) is 0 Å². The van der Waals surface area contributed by atoms with Crippen molar-refractivity contribution in [3.8, 4) is 0 Å². The first kappa shape index (κ1) is 21.1. The fourth-order valence-corrected chi connectivity index (χ4v) is 4.30. The molecule has 0 bridgehead atoms. The van der Waals surface area contributed by atoms with Crippen LogP contribution in [-0.2, 0) is 6.54 Å². The average molecular weight is 439 g/mol. The number of imidazole rings is 1. The quantitative estimate of drug-likeness (QED) is 0.445. The van der Waals surface area contributed by atoms with Crippen LogP contribution in [0.4, 0.5) is 0 Å². The number of aromatic nitrogens is 2. The van der Waals surface area contributed by atoms with E-state index >= 15 is 0 Å². The van der Waals surface area contributed by atoms with E-state index in [1.165, 1.54) is 0 Å². The van der Waals surface area contributed by atoms with Gasteiger partial charge >= 0.3 is 0 Å². The molecular formula is C27H26N4O2. The number of carbonyl (C=O) groups is 2. The topological polar surface area (TPSA) is 57.9 Å². The van der Waals surface area contributed by atoms with Gasteiger partial charge in [-0.05, 0) is 25.1 Å². The highest BCUT2D eigenvalue weighted by atomic mass is 16.2. The number of piperazine rings is 1. The van der Waals surface area contributed by atoms with Crippen molar-refractivity contribution < 1.29 is 9.59 Å². The first-order valence-electron chi connectivity index (χ1n) is 11.2. The largest absolute Gasteiger partial charge is 0.336 e. The Hall–Kier alpha value is -3.77. The van der Waals surface area contributed by atoms with E-state index in [1.807, 2.05) is 77.0 Å². The third-order valence-electron chi connectivity index (χ3n) is 6.17. The van der Waals surface area contributed by atoms with E-state index in [0.29, 0.717) is 29.8 Å². The van der Waals surface area contributed by atoms with Gasteiger partial charge in [0.25, 0.3) is 5.91 Å². The molecule has 0 saturated carbocycles. The summed E-state index contributed by atoms with van der Waals surface area (Å²) in [5.74, 6) is -0.206. The van der Waals surface area contributed by atoms with Crippen LogP contribution in [0, 0.1) is 6.92 Å². The van der Waals surface area contributed by atoms with E-state index in [1.54, 1.807) is 12.1 Å². The lowest BCUT2D eigenvalue weighted by Gasteiger charge is -2.34. The van der Waals surface area contributed by atoms with Crippen molar-refractivity contribution in [1.29, 1.82) is 0 Å². The maximum Gasteiger partial charge on any atom is 0.254 e. The Balaban J connectivity index is 1.26. The number of carbonyl (C=O) groups excluding carboxylic acids is 2. The maximum absolute atomic E-state index is 13.3. The minimum absolute atomic E-state index is 0.0848. The molecule has 1 aliphatic heterocycles. The Bertz CT molecular complexity index is 1270. The second kappa shape index (κ2) is 9.00. The molecule has 1 aliphatic rings. The van der Waals surface area contributed by atoms with E-state index in [9.17, 15) is 9.59 Å². The SMILES string of the molecule is Cc1ccc(C(=O)c2ccccc2C(=O)N2CCN(Cc3cn4ccccc4n3)CC2)cc1. The molecule has 0 unspecified atom stereocenters. The molecule has 1 fully saturated rings. The minimum atomic E-state index is -0.121. The summed E-state index contributed by atoms with van der Waals surface area (Å²) in [6.45, 7) is 5.53. The summed E-state index contributed by atoms with van der Waals surface area (Å²) >= 11 is 0. The van der Waals surface area contributed by atoms with Crippen LogP contribution in [0.25, 0.3) is 5.65 Å². The molecule has 2 aromatic heterocycles. The molecular weight excluding hydrogens is 412 g/mol. The number of nitrogens with zero attached hydrogens (tertiary/aromatic N) is 4. The Kier molecular flexibility index (Phi) is 5.75. The molecule has 33 heavy (non-hydrogen) atoms. The summed E-state index contributed by atoms with van der Waals surface area (Å²) in [4.78, 5) is 35.3. The minimum Gasteiger partial charge on any atom is -0.336 e. The van der Waals surface area contributed by atoms with Gasteiger partial charge in [0.15, 0.2) is 5.78 Å². The van der Waals surface area contributed by atoms with Crippen LogP contribution in [0.2, 0.25) is 0 Å². The molecule has 2 aromatic carbocycles. The van der Waals surface area contributed by atoms with Crippen LogP contribution in [-0.4, -0.2) is 57.1 Å². The van der Waals surface area contributed by atoms with Gasteiger partial charge in [-0.25, -0.2) is 4.98 Å². The van der Waals surface area contributed by atoms with Crippen molar-refractivity contribution in [1.82, 2.24) is 19.2 Å². The van der Waals surface area contributed by atoms with Crippen LogP contribution in [0.1, 0.15) is 37.5 Å². The molecule has 6 nitrogen and oxygen atoms in total. The number of hydrogen-bond donors (Lipinski definition) is 0. The average Bonchev–Trinajstić information content (AvgIpc) is 3.26. The molecule has 1 amide bonds. The standard InChI is InChI=1S/C27H26N4O2/c1-20-9-11-21(12-10-20)26(32)23-6-2-3-7-24(23)27(33)30-16-14-29(15-17-30)18-22-19-31-13-5-4-8-25(31)28-22/h2-13,19H,14-18H2,1H3. The molecule has 0 radical (unpaired) electrons. The molecule has 1 saturated heterocycles. The number of hydrogen-bond acceptors (Lipinski definition) is 4. The summed E-state index contributed by atoms with van der Waals surface area (Å²) in [6, 6.07) is 20.6. The van der Waals surface area contributed by atoms with Crippen LogP contribution in [0.3, 0.4) is 0 Å². The number of benzene rings is 2. The molecule has 166 valence electrons. The molecule has 0 spiro atoms. The van der Waals surface area contributed by atoms with Gasteiger partial charge < -0.3 is 9.30 Å². The van der Waals surface area contributed by atoms with Gasteiger partial charge in [0.05, 0.1) is 11.3 Å². The van der Waals surface area contributed by atoms with E-state index in [0.717, 1.165) is 36.5 Å². The monoisotopic (exact) mass is 438 g/mol. The zero-order valence-corrected chi connectivity index (χ0v) is 18.6. The molecule has 6 heteroatoms. The Labute approximate surface area is 193 Å². The van der Waals surface area contributed by atoms with Crippen molar-refractivity contribution in [3.05, 3.63) is 107 Å². The molecule has 4 aromatic rings. The molecule has 5 rings (SSSR count). The van der Waals surface area contributed by atoms with Crippen molar-refractivity contribution in [2.45, 2.75) is 13.5 Å². The lowest BCUT2D eigenvalue weighted by Crippen LogP contribution is -2.48. The van der Waals surface area contributed by atoms with Crippen molar-refractivity contribution >= 4 is 17.3 Å². The predicted octanol–water partition coefficient (Wildman–Crippen LogP) is 3.83. The highest BCUT2D eigenvalue weighted by Gasteiger charge is 2.26. The molecule has 3 heterocycles. The Morgan fingerprint density at radius 2 is 1.55 bits per heavy atom. The Morgan fingerprint density at radius 1 is 0.848 bits per heavy atom. The molecule has 0 atom stereocenters. The second-order valence-corrected chi connectivity index (χ2v) is 8.51. The van der Waals surface area contributed by atoms with Crippen molar-refractivity contribution in [2.24, 2.45) is 0 Å². The highest BCUT2D eigenvalue weighted by molar-refractivity contribution is 6.15. The predicted molar refractivity (Wildman–Crippen MR) is 127 cm³/mol. The smallest absolute Gasteiger partial charge is 0.254 e.